The third kappa shape index (κ3) is 4.22. The molecule has 2 N–H and O–H groups in total. The van der Waals surface area contributed by atoms with Crippen LogP contribution >= 0.6 is 0 Å². The predicted octanol–water partition coefficient (Wildman–Crippen LogP) is 1.97. The van der Waals surface area contributed by atoms with Crippen LogP contribution in [-0.4, -0.2) is 56.3 Å². The van der Waals surface area contributed by atoms with Gasteiger partial charge in [0.2, 0.25) is 15.9 Å². The summed E-state index contributed by atoms with van der Waals surface area (Å²) in [6.07, 6.45) is 1.77. The van der Waals surface area contributed by atoms with Crippen LogP contribution < -0.4 is 5.73 Å². The fourth-order valence-corrected chi connectivity index (χ4v) is 6.21. The van der Waals surface area contributed by atoms with E-state index in [1.165, 1.54) is 0 Å². The van der Waals surface area contributed by atoms with Gasteiger partial charge in [-0.2, -0.15) is 4.31 Å². The lowest BCUT2D eigenvalue weighted by Crippen LogP contribution is -2.33. The van der Waals surface area contributed by atoms with Crippen molar-refractivity contribution >= 4 is 15.9 Å². The smallest absolute Gasteiger partial charge is 0.248 e. The fraction of sp³-hybridized carbons (Fsp3) is 0.409. The van der Waals surface area contributed by atoms with E-state index in [4.69, 9.17) is 5.73 Å². The van der Waals surface area contributed by atoms with Crippen LogP contribution in [0, 0.1) is 11.8 Å². The summed E-state index contributed by atoms with van der Waals surface area (Å²) in [4.78, 5) is 14.4. The van der Waals surface area contributed by atoms with Crippen molar-refractivity contribution in [3.63, 3.8) is 0 Å². The van der Waals surface area contributed by atoms with Gasteiger partial charge in [-0.3, -0.25) is 4.79 Å². The number of nitrogens with two attached hydrogens (primary N) is 1. The minimum absolute atomic E-state index is 0.379. The number of carbonyl (C=O) groups excluding carboxylic acids is 1. The van der Waals surface area contributed by atoms with Gasteiger partial charge in [0.15, 0.2) is 0 Å². The Hall–Kier alpha value is -2.22. The van der Waals surface area contributed by atoms with E-state index in [0.717, 1.165) is 38.0 Å². The van der Waals surface area contributed by atoms with Gasteiger partial charge in [0.05, 0.1) is 4.90 Å². The number of nitrogens with zero attached hydrogens (tertiary/aromatic N) is 2. The number of rotatable bonds is 7. The highest BCUT2D eigenvalue weighted by Crippen LogP contribution is 2.34. The van der Waals surface area contributed by atoms with Crippen molar-refractivity contribution in [2.75, 3.05) is 32.7 Å². The summed E-state index contributed by atoms with van der Waals surface area (Å²) in [5, 5.41) is 0. The van der Waals surface area contributed by atoms with Crippen molar-refractivity contribution in [3.05, 3.63) is 65.7 Å². The molecular weight excluding hydrogens is 386 g/mol. The molecule has 0 radical (unpaired) electrons. The predicted molar refractivity (Wildman–Crippen MR) is 112 cm³/mol. The van der Waals surface area contributed by atoms with Gasteiger partial charge >= 0.3 is 0 Å². The first kappa shape index (κ1) is 20.1. The van der Waals surface area contributed by atoms with Gasteiger partial charge < -0.3 is 10.6 Å². The van der Waals surface area contributed by atoms with E-state index in [9.17, 15) is 13.2 Å². The highest BCUT2D eigenvalue weighted by atomic mass is 32.2. The Kier molecular flexibility index (Phi) is 5.72. The van der Waals surface area contributed by atoms with E-state index in [1.54, 1.807) is 34.6 Å². The number of hydrogen-bond acceptors (Lipinski definition) is 4. The van der Waals surface area contributed by atoms with Crippen LogP contribution in [0.3, 0.4) is 0 Å². The van der Waals surface area contributed by atoms with Crippen LogP contribution in [0.2, 0.25) is 0 Å². The van der Waals surface area contributed by atoms with Crippen LogP contribution in [0.25, 0.3) is 0 Å². The Morgan fingerprint density at radius 3 is 2.21 bits per heavy atom. The summed E-state index contributed by atoms with van der Waals surface area (Å²) in [6, 6.07) is 16.2. The SMILES string of the molecule is NC(=O)c1ccccc1CCCN1CC2CN(S(=O)(=O)c3ccccc3)C[C@@H]2C1. The molecule has 0 aromatic heterocycles. The van der Waals surface area contributed by atoms with Crippen LogP contribution in [0.5, 0.6) is 0 Å². The highest BCUT2D eigenvalue weighted by Gasteiger charge is 2.43. The lowest BCUT2D eigenvalue weighted by Gasteiger charge is -2.21. The van der Waals surface area contributed by atoms with E-state index in [2.05, 4.69) is 4.90 Å². The molecule has 4 rings (SSSR count). The van der Waals surface area contributed by atoms with Crippen molar-refractivity contribution in [1.82, 2.24) is 9.21 Å². The minimum atomic E-state index is -3.39. The average molecular weight is 414 g/mol. The van der Waals surface area contributed by atoms with E-state index in [0.29, 0.717) is 35.4 Å². The Balaban J connectivity index is 1.29. The third-order valence-corrected chi connectivity index (χ3v) is 7.96. The van der Waals surface area contributed by atoms with Gasteiger partial charge in [0.25, 0.3) is 0 Å². The van der Waals surface area contributed by atoms with Gasteiger partial charge in [-0.1, -0.05) is 36.4 Å². The minimum Gasteiger partial charge on any atom is -0.366 e. The van der Waals surface area contributed by atoms with Gasteiger partial charge in [0.1, 0.15) is 0 Å². The van der Waals surface area contributed by atoms with E-state index in [1.807, 2.05) is 24.3 Å². The number of carbonyl (C=O) groups is 1. The van der Waals surface area contributed by atoms with Crippen LogP contribution in [-0.2, 0) is 16.4 Å². The first-order valence-corrected chi connectivity index (χ1v) is 11.5. The fourth-order valence-electron chi connectivity index (χ4n) is 4.64. The second-order valence-corrected chi connectivity index (χ2v) is 9.98. The summed E-state index contributed by atoms with van der Waals surface area (Å²) in [5.74, 6) is 0.411. The van der Waals surface area contributed by atoms with E-state index < -0.39 is 10.0 Å². The number of fused-ring (bicyclic) bond motifs is 1. The molecule has 2 heterocycles. The molecule has 2 saturated heterocycles. The monoisotopic (exact) mass is 413 g/mol. The second-order valence-electron chi connectivity index (χ2n) is 8.04. The summed E-state index contributed by atoms with van der Waals surface area (Å²) in [5.41, 5.74) is 7.06. The van der Waals surface area contributed by atoms with Crippen molar-refractivity contribution < 1.29 is 13.2 Å². The standard InChI is InChI=1S/C22H27N3O3S/c23-22(26)21-11-5-4-7-17(21)8-6-12-24-13-18-15-25(16-19(18)14-24)29(27,28)20-9-2-1-3-10-20/h1-5,7,9-11,18-19H,6,8,12-16H2,(H2,23,26)/t18-,19?/m0/s1. The molecule has 2 aliphatic heterocycles. The maximum absolute atomic E-state index is 12.8. The maximum Gasteiger partial charge on any atom is 0.248 e. The Morgan fingerprint density at radius 1 is 0.931 bits per heavy atom. The first-order valence-electron chi connectivity index (χ1n) is 10.1. The van der Waals surface area contributed by atoms with Crippen molar-refractivity contribution in [3.8, 4) is 0 Å². The van der Waals surface area contributed by atoms with Crippen molar-refractivity contribution in [1.29, 1.82) is 0 Å². The number of amides is 1. The van der Waals surface area contributed by atoms with Crippen LogP contribution in [0.1, 0.15) is 22.3 Å². The molecule has 0 bridgehead atoms. The van der Waals surface area contributed by atoms with E-state index in [-0.39, 0.29) is 5.91 Å². The molecule has 7 heteroatoms. The molecule has 1 amide bonds. The summed E-state index contributed by atoms with van der Waals surface area (Å²) < 4.78 is 27.3. The number of primary amides is 1. The lowest BCUT2D eigenvalue weighted by molar-refractivity contribution is 0.0999. The molecule has 2 aromatic rings. The first-order chi connectivity index (χ1) is 13.9. The lowest BCUT2D eigenvalue weighted by atomic mass is 10.0. The number of sulfonamides is 1. The normalized spacial score (nSPS) is 22.6. The average Bonchev–Trinajstić information content (AvgIpc) is 3.28. The molecule has 2 aliphatic rings. The third-order valence-electron chi connectivity index (χ3n) is 6.11. The quantitative estimate of drug-likeness (QED) is 0.752. The summed E-state index contributed by atoms with van der Waals surface area (Å²) >= 11 is 0. The molecule has 2 fully saturated rings. The zero-order valence-corrected chi connectivity index (χ0v) is 17.2. The summed E-state index contributed by atoms with van der Waals surface area (Å²) in [6.45, 7) is 4.02. The molecule has 29 heavy (non-hydrogen) atoms. The zero-order valence-electron chi connectivity index (χ0n) is 16.4. The highest BCUT2D eigenvalue weighted by molar-refractivity contribution is 7.89. The number of hydrogen-bond donors (Lipinski definition) is 1. The largest absolute Gasteiger partial charge is 0.366 e. The van der Waals surface area contributed by atoms with Crippen LogP contribution in [0.4, 0.5) is 0 Å². The second kappa shape index (κ2) is 8.26. The molecule has 0 saturated carbocycles. The van der Waals surface area contributed by atoms with Crippen molar-refractivity contribution in [2.24, 2.45) is 17.6 Å². The summed E-state index contributed by atoms with van der Waals surface area (Å²) in [7, 11) is -3.39. The molecule has 2 aromatic carbocycles. The number of benzene rings is 2. The molecule has 1 unspecified atom stereocenters. The molecular formula is C22H27N3O3S. The van der Waals surface area contributed by atoms with Gasteiger partial charge in [-0.25, -0.2) is 8.42 Å². The molecule has 6 nitrogen and oxygen atoms in total. The van der Waals surface area contributed by atoms with Crippen LogP contribution in [0.15, 0.2) is 59.5 Å². The van der Waals surface area contributed by atoms with Gasteiger partial charge in [-0.05, 0) is 55.0 Å². The number of aryl methyl sites for hydroxylation is 1. The van der Waals surface area contributed by atoms with Crippen molar-refractivity contribution in [2.45, 2.75) is 17.7 Å². The molecule has 0 spiro atoms. The topological polar surface area (TPSA) is 83.7 Å². The Labute approximate surface area is 172 Å². The Bertz CT molecular complexity index is 964. The molecule has 0 aliphatic carbocycles. The van der Waals surface area contributed by atoms with Gasteiger partial charge in [-0.15, -0.1) is 0 Å². The zero-order chi connectivity index (χ0) is 20.4. The Morgan fingerprint density at radius 2 is 1.55 bits per heavy atom. The van der Waals surface area contributed by atoms with Gasteiger partial charge in [0, 0.05) is 31.7 Å². The maximum atomic E-state index is 12.8. The van der Waals surface area contributed by atoms with E-state index >= 15 is 0 Å². The number of likely N-dealkylation sites (tertiary alicyclic amines) is 1. The molecule has 154 valence electrons. The molecule has 2 atom stereocenters.